The van der Waals surface area contributed by atoms with E-state index in [1.165, 1.54) is 12.1 Å². The van der Waals surface area contributed by atoms with Gasteiger partial charge in [0.05, 0.1) is 35.0 Å². The first-order valence-corrected chi connectivity index (χ1v) is 8.35. The Morgan fingerprint density at radius 1 is 1.50 bits per heavy atom. The Kier molecular flexibility index (Phi) is 5.17. The fourth-order valence-corrected chi connectivity index (χ4v) is 2.93. The van der Waals surface area contributed by atoms with E-state index in [1.54, 1.807) is 42.1 Å². The Bertz CT molecular complexity index is 811. The van der Waals surface area contributed by atoms with Crippen molar-refractivity contribution in [3.05, 3.63) is 46.3 Å². The molecule has 0 unspecified atom stereocenters. The van der Waals surface area contributed by atoms with Crippen molar-refractivity contribution in [3.8, 4) is 0 Å². The first-order valence-electron chi connectivity index (χ1n) is 8.35. The van der Waals surface area contributed by atoms with Gasteiger partial charge in [0, 0.05) is 44.7 Å². The summed E-state index contributed by atoms with van der Waals surface area (Å²) in [5, 5.41) is 18.0. The minimum atomic E-state index is -0.518. The first kappa shape index (κ1) is 17.9. The first-order chi connectivity index (χ1) is 12.4. The number of hydrogen-bond donors (Lipinski definition) is 1. The van der Waals surface area contributed by atoms with Crippen molar-refractivity contribution in [2.24, 2.45) is 0 Å². The molecule has 0 bridgehead atoms. The van der Waals surface area contributed by atoms with E-state index < -0.39 is 10.8 Å². The summed E-state index contributed by atoms with van der Waals surface area (Å²) in [5.74, 6) is -0.422. The molecule has 0 aliphatic carbocycles. The molecule has 9 heteroatoms. The number of ether oxygens (including phenoxy) is 1. The van der Waals surface area contributed by atoms with Crippen LogP contribution in [0.4, 0.5) is 17.1 Å². The minimum Gasteiger partial charge on any atom is -0.377 e. The molecule has 0 radical (unpaired) electrons. The van der Waals surface area contributed by atoms with Crippen LogP contribution in [0.25, 0.3) is 0 Å². The molecular weight excluding hydrogens is 338 g/mol. The largest absolute Gasteiger partial charge is 0.377 e. The SMILES string of the molecule is CN(C)c1ccc([N+](=O)[O-])cc1C(=O)Nc1cnn(C[C@H]2CCCO2)c1. The number of carbonyl (C=O) groups excluding carboxylic acids is 1. The lowest BCUT2D eigenvalue weighted by Crippen LogP contribution is -2.18. The third kappa shape index (κ3) is 3.99. The number of benzene rings is 1. The second kappa shape index (κ2) is 7.52. The molecule has 1 amide bonds. The van der Waals surface area contributed by atoms with E-state index >= 15 is 0 Å². The van der Waals surface area contributed by atoms with Crippen LogP contribution in [-0.4, -0.2) is 47.4 Å². The van der Waals surface area contributed by atoms with Crippen molar-refractivity contribution in [2.45, 2.75) is 25.5 Å². The molecule has 1 aromatic heterocycles. The van der Waals surface area contributed by atoms with Gasteiger partial charge in [0.15, 0.2) is 0 Å². The number of hydrogen-bond acceptors (Lipinski definition) is 6. The zero-order valence-electron chi connectivity index (χ0n) is 14.7. The normalized spacial score (nSPS) is 16.5. The van der Waals surface area contributed by atoms with Crippen molar-refractivity contribution in [1.82, 2.24) is 9.78 Å². The van der Waals surface area contributed by atoms with Gasteiger partial charge < -0.3 is 15.0 Å². The van der Waals surface area contributed by atoms with Gasteiger partial charge in [-0.1, -0.05) is 0 Å². The van der Waals surface area contributed by atoms with E-state index in [0.717, 1.165) is 19.4 Å². The van der Waals surface area contributed by atoms with E-state index in [4.69, 9.17) is 4.74 Å². The maximum atomic E-state index is 12.6. The Balaban J connectivity index is 1.76. The van der Waals surface area contributed by atoms with E-state index in [1.807, 2.05) is 0 Å². The number of aromatic nitrogens is 2. The van der Waals surface area contributed by atoms with Gasteiger partial charge in [-0.05, 0) is 18.9 Å². The quantitative estimate of drug-likeness (QED) is 0.627. The Hall–Kier alpha value is -2.94. The summed E-state index contributed by atoms with van der Waals surface area (Å²) in [6.45, 7) is 1.41. The molecule has 1 aliphatic heterocycles. The Morgan fingerprint density at radius 3 is 2.96 bits per heavy atom. The van der Waals surface area contributed by atoms with Gasteiger partial charge >= 0.3 is 0 Å². The fraction of sp³-hybridized carbons (Fsp3) is 0.412. The predicted molar refractivity (Wildman–Crippen MR) is 96.6 cm³/mol. The highest BCUT2D eigenvalue weighted by molar-refractivity contribution is 6.08. The smallest absolute Gasteiger partial charge is 0.270 e. The van der Waals surface area contributed by atoms with Gasteiger partial charge in [0.2, 0.25) is 0 Å². The lowest BCUT2D eigenvalue weighted by Gasteiger charge is -2.16. The van der Waals surface area contributed by atoms with Crippen molar-refractivity contribution in [1.29, 1.82) is 0 Å². The van der Waals surface area contributed by atoms with E-state index in [0.29, 0.717) is 17.9 Å². The highest BCUT2D eigenvalue weighted by Gasteiger charge is 2.19. The summed E-state index contributed by atoms with van der Waals surface area (Å²) in [4.78, 5) is 24.9. The number of amides is 1. The van der Waals surface area contributed by atoms with Crippen molar-refractivity contribution in [3.63, 3.8) is 0 Å². The second-order valence-electron chi connectivity index (χ2n) is 6.39. The number of anilines is 2. The molecule has 1 atom stereocenters. The summed E-state index contributed by atoms with van der Waals surface area (Å²) in [6, 6.07) is 4.22. The molecule has 0 saturated carbocycles. The Labute approximate surface area is 150 Å². The lowest BCUT2D eigenvalue weighted by atomic mass is 10.1. The number of carbonyl (C=O) groups is 1. The molecule has 1 fully saturated rings. The van der Waals surface area contributed by atoms with Crippen LogP contribution in [0.3, 0.4) is 0 Å². The van der Waals surface area contributed by atoms with Gasteiger partial charge in [0.25, 0.3) is 11.6 Å². The van der Waals surface area contributed by atoms with Crippen LogP contribution in [0, 0.1) is 10.1 Å². The van der Waals surface area contributed by atoms with Gasteiger partial charge in [-0.3, -0.25) is 19.6 Å². The van der Waals surface area contributed by atoms with Crippen LogP contribution < -0.4 is 10.2 Å². The molecule has 26 heavy (non-hydrogen) atoms. The number of nitrogens with one attached hydrogen (secondary N) is 1. The predicted octanol–water partition coefficient (Wildman–Crippen LogP) is 2.29. The molecule has 138 valence electrons. The highest BCUT2D eigenvalue weighted by atomic mass is 16.6. The van der Waals surface area contributed by atoms with Gasteiger partial charge in [0.1, 0.15) is 0 Å². The maximum Gasteiger partial charge on any atom is 0.270 e. The molecule has 2 aromatic rings. The van der Waals surface area contributed by atoms with Crippen LogP contribution in [-0.2, 0) is 11.3 Å². The van der Waals surface area contributed by atoms with Crippen LogP contribution >= 0.6 is 0 Å². The summed E-state index contributed by atoms with van der Waals surface area (Å²) in [6.07, 6.45) is 5.48. The third-order valence-electron chi connectivity index (χ3n) is 4.22. The number of non-ortho nitro benzene ring substituents is 1. The van der Waals surface area contributed by atoms with E-state index in [-0.39, 0.29) is 17.4 Å². The minimum absolute atomic E-state index is 0.130. The second-order valence-corrected chi connectivity index (χ2v) is 6.39. The number of rotatable bonds is 6. The third-order valence-corrected chi connectivity index (χ3v) is 4.22. The summed E-state index contributed by atoms with van der Waals surface area (Å²) in [7, 11) is 3.55. The van der Waals surface area contributed by atoms with Crippen LogP contribution in [0.5, 0.6) is 0 Å². The summed E-state index contributed by atoms with van der Waals surface area (Å²) < 4.78 is 7.30. The lowest BCUT2D eigenvalue weighted by molar-refractivity contribution is -0.384. The number of nitro groups is 1. The molecule has 1 saturated heterocycles. The van der Waals surface area contributed by atoms with E-state index in [2.05, 4.69) is 10.4 Å². The molecule has 3 rings (SSSR count). The van der Waals surface area contributed by atoms with Crippen LogP contribution in [0.2, 0.25) is 0 Å². The fourth-order valence-electron chi connectivity index (χ4n) is 2.93. The highest BCUT2D eigenvalue weighted by Crippen LogP contribution is 2.25. The van der Waals surface area contributed by atoms with Crippen molar-refractivity contribution >= 4 is 23.0 Å². The molecule has 0 spiro atoms. The monoisotopic (exact) mass is 359 g/mol. The number of nitro benzene ring substituents is 1. The van der Waals surface area contributed by atoms with Gasteiger partial charge in [-0.25, -0.2) is 0 Å². The number of nitrogens with zero attached hydrogens (tertiary/aromatic N) is 4. The van der Waals surface area contributed by atoms with Gasteiger partial charge in [-0.2, -0.15) is 5.10 Å². The maximum absolute atomic E-state index is 12.6. The topological polar surface area (TPSA) is 103 Å². The van der Waals surface area contributed by atoms with Gasteiger partial charge in [-0.15, -0.1) is 0 Å². The van der Waals surface area contributed by atoms with Crippen molar-refractivity contribution in [2.75, 3.05) is 30.9 Å². The molecule has 2 heterocycles. The van der Waals surface area contributed by atoms with Crippen molar-refractivity contribution < 1.29 is 14.5 Å². The molecule has 1 aromatic carbocycles. The summed E-state index contributed by atoms with van der Waals surface area (Å²) in [5.41, 5.74) is 1.23. The average molecular weight is 359 g/mol. The van der Waals surface area contributed by atoms with Crippen LogP contribution in [0.15, 0.2) is 30.6 Å². The Morgan fingerprint density at radius 2 is 2.31 bits per heavy atom. The van der Waals surface area contributed by atoms with Crippen LogP contribution in [0.1, 0.15) is 23.2 Å². The average Bonchev–Trinajstić information content (AvgIpc) is 3.26. The molecule has 9 nitrogen and oxygen atoms in total. The zero-order valence-corrected chi connectivity index (χ0v) is 14.7. The molecular formula is C17H21N5O4. The standard InChI is InChI=1S/C17H21N5O4/c1-20(2)16-6-5-13(22(24)25)8-15(16)17(23)19-12-9-18-21(10-12)11-14-4-3-7-26-14/h5-6,8-10,14H,3-4,7,11H2,1-2H3,(H,19,23)/t14-/m1/s1. The molecule has 1 N–H and O–H groups in total. The molecule has 1 aliphatic rings. The van der Waals surface area contributed by atoms with E-state index in [9.17, 15) is 14.9 Å². The zero-order chi connectivity index (χ0) is 18.7. The summed E-state index contributed by atoms with van der Waals surface area (Å²) >= 11 is 0.